The lowest BCUT2D eigenvalue weighted by Gasteiger charge is -2.09. The average Bonchev–Trinajstić information content (AvgIpc) is 3.16. The molecule has 2 nitrogen and oxygen atoms in total. The minimum Gasteiger partial charge on any atom is -0.360 e. The van der Waals surface area contributed by atoms with E-state index in [1.807, 2.05) is 0 Å². The monoisotopic (exact) mass is 232 g/mol. The molecule has 0 heterocycles. The van der Waals surface area contributed by atoms with Gasteiger partial charge in [-0.2, -0.15) is 0 Å². The Bertz CT molecular complexity index is 386. The maximum absolute atomic E-state index is 5.27. The SMILES string of the molecule is S=C(NC1CC1)N[C@@H]1C[C@@H]1c1ccccc1. The molecule has 0 spiro atoms. The summed E-state index contributed by atoms with van der Waals surface area (Å²) in [6, 6.07) is 11.9. The van der Waals surface area contributed by atoms with Crippen molar-refractivity contribution in [3.8, 4) is 0 Å². The van der Waals surface area contributed by atoms with Crippen molar-refractivity contribution in [1.29, 1.82) is 0 Å². The van der Waals surface area contributed by atoms with Gasteiger partial charge in [-0.3, -0.25) is 0 Å². The Kier molecular flexibility index (Phi) is 2.56. The number of nitrogens with one attached hydrogen (secondary N) is 2. The summed E-state index contributed by atoms with van der Waals surface area (Å²) < 4.78 is 0. The molecule has 2 aliphatic carbocycles. The van der Waals surface area contributed by atoms with Crippen LogP contribution in [0.2, 0.25) is 0 Å². The fraction of sp³-hybridized carbons (Fsp3) is 0.462. The first-order valence-corrected chi connectivity index (χ1v) is 6.36. The summed E-state index contributed by atoms with van der Waals surface area (Å²) in [4.78, 5) is 0. The molecular weight excluding hydrogens is 216 g/mol. The van der Waals surface area contributed by atoms with Gasteiger partial charge in [0.2, 0.25) is 0 Å². The van der Waals surface area contributed by atoms with Crippen LogP contribution >= 0.6 is 12.2 Å². The summed E-state index contributed by atoms with van der Waals surface area (Å²) in [5.74, 6) is 0.653. The average molecular weight is 232 g/mol. The van der Waals surface area contributed by atoms with Crippen LogP contribution in [0.1, 0.15) is 30.7 Å². The van der Waals surface area contributed by atoms with Crippen LogP contribution in [0.3, 0.4) is 0 Å². The van der Waals surface area contributed by atoms with Gasteiger partial charge in [-0.15, -0.1) is 0 Å². The molecular formula is C13H16N2S. The van der Waals surface area contributed by atoms with Crippen molar-refractivity contribution < 1.29 is 0 Å². The Balaban J connectivity index is 1.50. The molecule has 3 rings (SSSR count). The van der Waals surface area contributed by atoms with Crippen LogP contribution in [0.25, 0.3) is 0 Å². The molecule has 0 bridgehead atoms. The van der Waals surface area contributed by atoms with Crippen molar-refractivity contribution in [2.24, 2.45) is 0 Å². The summed E-state index contributed by atoms with van der Waals surface area (Å²) >= 11 is 5.27. The minimum atomic E-state index is 0.543. The molecule has 0 aliphatic heterocycles. The number of thiocarbonyl (C=S) groups is 1. The molecule has 0 aromatic heterocycles. The van der Waals surface area contributed by atoms with E-state index in [0.717, 1.165) is 5.11 Å². The van der Waals surface area contributed by atoms with Crippen LogP contribution in [0.5, 0.6) is 0 Å². The van der Waals surface area contributed by atoms with Crippen LogP contribution in [0.15, 0.2) is 30.3 Å². The van der Waals surface area contributed by atoms with Crippen LogP contribution in [-0.2, 0) is 0 Å². The molecule has 16 heavy (non-hydrogen) atoms. The Morgan fingerprint density at radius 2 is 1.88 bits per heavy atom. The van der Waals surface area contributed by atoms with E-state index in [4.69, 9.17) is 12.2 Å². The maximum Gasteiger partial charge on any atom is 0.166 e. The summed E-state index contributed by atoms with van der Waals surface area (Å²) in [5, 5.41) is 7.55. The lowest BCUT2D eigenvalue weighted by Crippen LogP contribution is -2.38. The molecule has 2 aliphatic rings. The predicted molar refractivity (Wildman–Crippen MR) is 69.5 cm³/mol. The Labute approximate surface area is 101 Å². The van der Waals surface area contributed by atoms with Crippen molar-refractivity contribution in [2.45, 2.75) is 37.3 Å². The van der Waals surface area contributed by atoms with Crippen molar-refractivity contribution >= 4 is 17.3 Å². The fourth-order valence-electron chi connectivity index (χ4n) is 2.05. The minimum absolute atomic E-state index is 0.543. The lowest BCUT2D eigenvalue weighted by molar-refractivity contribution is 0.808. The molecule has 3 heteroatoms. The molecule has 84 valence electrons. The van der Waals surface area contributed by atoms with Crippen molar-refractivity contribution in [3.05, 3.63) is 35.9 Å². The molecule has 2 atom stereocenters. The van der Waals surface area contributed by atoms with Gasteiger partial charge in [-0.1, -0.05) is 30.3 Å². The van der Waals surface area contributed by atoms with Crippen molar-refractivity contribution in [3.63, 3.8) is 0 Å². The number of hydrogen-bond acceptors (Lipinski definition) is 1. The first-order chi connectivity index (χ1) is 7.83. The van der Waals surface area contributed by atoms with Gasteiger partial charge in [0.15, 0.2) is 5.11 Å². The van der Waals surface area contributed by atoms with Gasteiger partial charge >= 0.3 is 0 Å². The quantitative estimate of drug-likeness (QED) is 0.781. The highest BCUT2D eigenvalue weighted by Gasteiger charge is 2.39. The van der Waals surface area contributed by atoms with Gasteiger partial charge in [0.1, 0.15) is 0 Å². The van der Waals surface area contributed by atoms with Gasteiger partial charge in [0, 0.05) is 18.0 Å². The van der Waals surface area contributed by atoms with Crippen molar-refractivity contribution in [1.82, 2.24) is 10.6 Å². The molecule has 0 saturated heterocycles. The van der Waals surface area contributed by atoms with E-state index >= 15 is 0 Å². The van der Waals surface area contributed by atoms with Crippen LogP contribution < -0.4 is 10.6 Å². The van der Waals surface area contributed by atoms with E-state index in [1.54, 1.807) is 0 Å². The van der Waals surface area contributed by atoms with Crippen LogP contribution in [0.4, 0.5) is 0 Å². The van der Waals surface area contributed by atoms with Crippen LogP contribution in [-0.4, -0.2) is 17.2 Å². The standard InChI is InChI=1S/C13H16N2S/c16-13(14-10-6-7-10)15-12-8-11(12)9-4-2-1-3-5-9/h1-5,10-12H,6-8H2,(H2,14,15,16)/t11-,12-/m1/s1. The summed E-state index contributed by atoms with van der Waals surface area (Å²) in [5.41, 5.74) is 1.43. The molecule has 0 radical (unpaired) electrons. The summed E-state index contributed by atoms with van der Waals surface area (Å²) in [6.45, 7) is 0. The zero-order chi connectivity index (χ0) is 11.0. The Morgan fingerprint density at radius 3 is 2.56 bits per heavy atom. The molecule has 1 aromatic carbocycles. The van der Waals surface area contributed by atoms with E-state index in [1.165, 1.54) is 24.8 Å². The van der Waals surface area contributed by atoms with E-state index in [2.05, 4.69) is 41.0 Å². The highest BCUT2D eigenvalue weighted by Crippen LogP contribution is 2.40. The lowest BCUT2D eigenvalue weighted by atomic mass is 10.1. The molecule has 2 fully saturated rings. The van der Waals surface area contributed by atoms with Gasteiger partial charge < -0.3 is 10.6 Å². The van der Waals surface area contributed by atoms with Gasteiger partial charge in [-0.05, 0) is 37.0 Å². The third-order valence-corrected chi connectivity index (χ3v) is 3.48. The zero-order valence-corrected chi connectivity index (χ0v) is 9.96. The van der Waals surface area contributed by atoms with Gasteiger partial charge in [0.25, 0.3) is 0 Å². The third kappa shape index (κ3) is 2.35. The Hall–Kier alpha value is -1.09. The van der Waals surface area contributed by atoms with Crippen LogP contribution in [0, 0.1) is 0 Å². The molecule has 0 amide bonds. The topological polar surface area (TPSA) is 24.1 Å². The smallest absolute Gasteiger partial charge is 0.166 e. The largest absolute Gasteiger partial charge is 0.360 e. The molecule has 0 unspecified atom stereocenters. The first kappa shape index (κ1) is 10.1. The molecule has 2 saturated carbocycles. The molecule has 2 N–H and O–H groups in total. The second-order valence-electron chi connectivity index (χ2n) is 4.75. The second kappa shape index (κ2) is 4.06. The van der Waals surface area contributed by atoms with E-state index < -0.39 is 0 Å². The highest BCUT2D eigenvalue weighted by atomic mass is 32.1. The summed E-state index contributed by atoms with van der Waals surface area (Å²) in [6.07, 6.45) is 3.75. The number of rotatable bonds is 3. The number of benzene rings is 1. The Morgan fingerprint density at radius 1 is 1.12 bits per heavy atom. The third-order valence-electron chi connectivity index (χ3n) is 3.25. The predicted octanol–water partition coefficient (Wildman–Crippen LogP) is 2.17. The van der Waals surface area contributed by atoms with Crippen molar-refractivity contribution in [2.75, 3.05) is 0 Å². The second-order valence-corrected chi connectivity index (χ2v) is 5.16. The van der Waals surface area contributed by atoms with E-state index in [-0.39, 0.29) is 0 Å². The normalized spacial score (nSPS) is 27.2. The summed E-state index contributed by atoms with van der Waals surface area (Å²) in [7, 11) is 0. The van der Waals surface area contributed by atoms with Gasteiger partial charge in [0.05, 0.1) is 0 Å². The first-order valence-electron chi connectivity index (χ1n) is 5.95. The highest BCUT2D eigenvalue weighted by molar-refractivity contribution is 7.80. The fourth-order valence-corrected chi connectivity index (χ4v) is 2.36. The van der Waals surface area contributed by atoms with E-state index in [0.29, 0.717) is 18.0 Å². The molecule has 1 aromatic rings. The number of hydrogen-bond donors (Lipinski definition) is 2. The van der Waals surface area contributed by atoms with Gasteiger partial charge in [-0.25, -0.2) is 0 Å². The zero-order valence-electron chi connectivity index (χ0n) is 9.15. The maximum atomic E-state index is 5.27. The van der Waals surface area contributed by atoms with E-state index in [9.17, 15) is 0 Å².